The molecule has 0 amide bonds. The summed E-state index contributed by atoms with van der Waals surface area (Å²) in [6, 6.07) is 0. The predicted molar refractivity (Wildman–Crippen MR) is 44.8 cm³/mol. The number of hydrogen-bond acceptors (Lipinski definition) is 3. The van der Waals surface area contributed by atoms with E-state index in [2.05, 4.69) is 4.72 Å². The van der Waals surface area contributed by atoms with E-state index in [4.69, 9.17) is 16.7 Å². The standard InChI is InChI=1S/C5H10ClNO4S/c6-2-4-12(10,11)7-3-1-5(8)9/h7H,1-4H2,(H,8,9). The molecule has 12 heavy (non-hydrogen) atoms. The monoisotopic (exact) mass is 215 g/mol. The lowest BCUT2D eigenvalue weighted by Crippen LogP contribution is -2.29. The zero-order valence-corrected chi connectivity index (χ0v) is 7.86. The lowest BCUT2D eigenvalue weighted by Gasteiger charge is -2.01. The van der Waals surface area contributed by atoms with E-state index in [1.807, 2.05) is 0 Å². The highest BCUT2D eigenvalue weighted by Crippen LogP contribution is 1.87. The molecule has 0 atom stereocenters. The first-order valence-corrected chi connectivity index (χ1v) is 5.42. The van der Waals surface area contributed by atoms with Gasteiger partial charge >= 0.3 is 5.97 Å². The molecule has 0 rings (SSSR count). The van der Waals surface area contributed by atoms with Crippen LogP contribution in [0.2, 0.25) is 0 Å². The van der Waals surface area contributed by atoms with Gasteiger partial charge in [-0.15, -0.1) is 11.6 Å². The molecule has 0 spiro atoms. The Morgan fingerprint density at radius 2 is 2.08 bits per heavy atom. The van der Waals surface area contributed by atoms with E-state index in [0.717, 1.165) is 0 Å². The van der Waals surface area contributed by atoms with E-state index < -0.39 is 16.0 Å². The minimum Gasteiger partial charge on any atom is -0.481 e. The molecule has 2 N–H and O–H groups in total. The fourth-order valence-corrected chi connectivity index (χ4v) is 1.86. The van der Waals surface area contributed by atoms with Crippen LogP contribution in [0.25, 0.3) is 0 Å². The molecule has 7 heteroatoms. The zero-order chi connectivity index (χ0) is 9.61. The second kappa shape index (κ2) is 5.34. The van der Waals surface area contributed by atoms with Gasteiger partial charge in [0.05, 0.1) is 12.2 Å². The Balaban J connectivity index is 3.69. The topological polar surface area (TPSA) is 83.5 Å². The normalized spacial score (nSPS) is 11.4. The lowest BCUT2D eigenvalue weighted by atomic mass is 10.5. The van der Waals surface area contributed by atoms with Gasteiger partial charge in [0.15, 0.2) is 0 Å². The Kier molecular flexibility index (Phi) is 5.19. The van der Waals surface area contributed by atoms with Crippen LogP contribution in [-0.2, 0) is 14.8 Å². The Labute approximate surface area is 75.8 Å². The Morgan fingerprint density at radius 1 is 1.50 bits per heavy atom. The van der Waals surface area contributed by atoms with Crippen LogP contribution in [0.1, 0.15) is 6.42 Å². The van der Waals surface area contributed by atoms with Gasteiger partial charge in [0.2, 0.25) is 10.0 Å². The minimum atomic E-state index is -3.37. The number of carbonyl (C=O) groups is 1. The summed E-state index contributed by atoms with van der Waals surface area (Å²) in [5, 5.41) is 8.18. The van der Waals surface area contributed by atoms with Crippen molar-refractivity contribution in [2.24, 2.45) is 0 Å². The van der Waals surface area contributed by atoms with Crippen molar-refractivity contribution in [3.8, 4) is 0 Å². The van der Waals surface area contributed by atoms with Gasteiger partial charge in [-0.3, -0.25) is 4.79 Å². The van der Waals surface area contributed by atoms with E-state index in [1.54, 1.807) is 0 Å². The van der Waals surface area contributed by atoms with Gasteiger partial charge in [-0.05, 0) is 0 Å². The molecule has 0 heterocycles. The van der Waals surface area contributed by atoms with Crippen LogP contribution in [0.15, 0.2) is 0 Å². The average molecular weight is 216 g/mol. The molecule has 0 aromatic rings. The number of hydrogen-bond donors (Lipinski definition) is 2. The fraction of sp³-hybridized carbons (Fsp3) is 0.800. The number of aliphatic carboxylic acids is 1. The number of rotatable bonds is 6. The van der Waals surface area contributed by atoms with Gasteiger partial charge in [0.1, 0.15) is 0 Å². The second-order valence-corrected chi connectivity index (χ2v) is 4.35. The van der Waals surface area contributed by atoms with Gasteiger partial charge in [-0.1, -0.05) is 0 Å². The number of alkyl halides is 1. The first-order valence-electron chi connectivity index (χ1n) is 3.23. The number of sulfonamides is 1. The summed E-state index contributed by atoms with van der Waals surface area (Å²) < 4.78 is 23.7. The third-order valence-electron chi connectivity index (χ3n) is 1.01. The van der Waals surface area contributed by atoms with Crippen LogP contribution < -0.4 is 4.72 Å². The molecule has 5 nitrogen and oxygen atoms in total. The molecule has 72 valence electrons. The number of nitrogens with one attached hydrogen (secondary N) is 1. The van der Waals surface area contributed by atoms with Crippen LogP contribution in [-0.4, -0.2) is 37.7 Å². The maximum absolute atomic E-state index is 10.8. The van der Waals surface area contributed by atoms with Crippen molar-refractivity contribution in [3.63, 3.8) is 0 Å². The van der Waals surface area contributed by atoms with E-state index in [9.17, 15) is 13.2 Å². The molecule has 0 aliphatic carbocycles. The first-order chi connectivity index (χ1) is 5.48. The largest absolute Gasteiger partial charge is 0.481 e. The maximum Gasteiger partial charge on any atom is 0.304 e. The molecule has 0 aliphatic heterocycles. The number of carboxylic acids is 1. The summed E-state index contributed by atoms with van der Waals surface area (Å²) in [7, 11) is -3.37. The van der Waals surface area contributed by atoms with Crippen LogP contribution >= 0.6 is 11.6 Å². The van der Waals surface area contributed by atoms with E-state index in [-0.39, 0.29) is 24.6 Å². The summed E-state index contributed by atoms with van der Waals surface area (Å²) in [5.74, 6) is -1.22. The molecule has 0 unspecified atom stereocenters. The molecular formula is C5H10ClNO4S. The third-order valence-corrected chi connectivity index (χ3v) is 2.81. The first kappa shape index (κ1) is 11.7. The number of carboxylic acid groups (broad SMARTS) is 1. The molecule has 0 aromatic heterocycles. The lowest BCUT2D eigenvalue weighted by molar-refractivity contribution is -0.136. The highest BCUT2D eigenvalue weighted by molar-refractivity contribution is 7.89. The molecular weight excluding hydrogens is 206 g/mol. The van der Waals surface area contributed by atoms with Crippen molar-refractivity contribution in [2.75, 3.05) is 18.2 Å². The molecule has 0 radical (unpaired) electrons. The summed E-state index contributed by atoms with van der Waals surface area (Å²) >= 11 is 5.19. The Morgan fingerprint density at radius 3 is 2.50 bits per heavy atom. The summed E-state index contributed by atoms with van der Waals surface area (Å²) in [6.07, 6.45) is -0.221. The van der Waals surface area contributed by atoms with Gasteiger partial charge in [-0.2, -0.15) is 0 Å². The quantitative estimate of drug-likeness (QED) is 0.592. The van der Waals surface area contributed by atoms with Crippen LogP contribution in [0.3, 0.4) is 0 Å². The van der Waals surface area contributed by atoms with Gasteiger partial charge in [-0.25, -0.2) is 13.1 Å². The molecule has 0 aromatic carbocycles. The summed E-state index contributed by atoms with van der Waals surface area (Å²) in [4.78, 5) is 9.98. The maximum atomic E-state index is 10.8. The van der Waals surface area contributed by atoms with Crippen molar-refractivity contribution >= 4 is 27.6 Å². The molecule has 0 saturated carbocycles. The molecule has 0 saturated heterocycles. The Bertz CT molecular complexity index is 238. The van der Waals surface area contributed by atoms with Crippen LogP contribution in [0.4, 0.5) is 0 Å². The van der Waals surface area contributed by atoms with Crippen molar-refractivity contribution in [3.05, 3.63) is 0 Å². The van der Waals surface area contributed by atoms with E-state index >= 15 is 0 Å². The molecule has 0 aliphatic rings. The van der Waals surface area contributed by atoms with Gasteiger partial charge < -0.3 is 5.11 Å². The van der Waals surface area contributed by atoms with E-state index in [0.29, 0.717) is 0 Å². The van der Waals surface area contributed by atoms with Crippen LogP contribution in [0.5, 0.6) is 0 Å². The third kappa shape index (κ3) is 6.38. The highest BCUT2D eigenvalue weighted by Gasteiger charge is 2.08. The predicted octanol–water partition coefficient (Wildman–Crippen LogP) is -0.381. The van der Waals surface area contributed by atoms with Crippen molar-refractivity contribution in [1.82, 2.24) is 4.72 Å². The van der Waals surface area contributed by atoms with Crippen molar-refractivity contribution < 1.29 is 18.3 Å². The zero-order valence-electron chi connectivity index (χ0n) is 6.29. The van der Waals surface area contributed by atoms with Gasteiger partial charge in [0.25, 0.3) is 0 Å². The SMILES string of the molecule is O=C(O)CCNS(=O)(=O)CCCl. The van der Waals surface area contributed by atoms with E-state index in [1.165, 1.54) is 0 Å². The van der Waals surface area contributed by atoms with Crippen LogP contribution in [0, 0.1) is 0 Å². The van der Waals surface area contributed by atoms with Crippen molar-refractivity contribution in [1.29, 1.82) is 0 Å². The number of halogens is 1. The second-order valence-electron chi connectivity index (χ2n) is 2.05. The Hall–Kier alpha value is -0.330. The van der Waals surface area contributed by atoms with Gasteiger partial charge in [0, 0.05) is 12.4 Å². The fourth-order valence-electron chi connectivity index (χ4n) is 0.487. The van der Waals surface area contributed by atoms with Crippen molar-refractivity contribution in [2.45, 2.75) is 6.42 Å². The summed E-state index contributed by atoms with van der Waals surface area (Å²) in [5.41, 5.74) is 0. The highest BCUT2D eigenvalue weighted by atomic mass is 35.5. The smallest absolute Gasteiger partial charge is 0.304 e. The average Bonchev–Trinajstić information content (AvgIpc) is 1.85. The summed E-state index contributed by atoms with van der Waals surface area (Å²) in [6.45, 7) is -0.0887. The minimum absolute atomic E-state index is 0.00239. The molecule has 0 fully saturated rings. The molecule has 0 bridgehead atoms.